The maximum Gasteiger partial charge on any atom is 0.0850 e. The summed E-state index contributed by atoms with van der Waals surface area (Å²) < 4.78 is 6.13. The second kappa shape index (κ2) is 8.07. The van der Waals surface area contributed by atoms with E-state index in [0.717, 1.165) is 36.5 Å². The largest absolute Gasteiger partial charge is 0.390 e. The molecular formula is C28H46O2. The van der Waals surface area contributed by atoms with Gasteiger partial charge in [0, 0.05) is 12.5 Å². The molecule has 0 amide bonds. The molecule has 4 aliphatic carbocycles. The summed E-state index contributed by atoms with van der Waals surface area (Å²) in [5.41, 5.74) is 3.37. The molecular weight excluding hydrogens is 368 g/mol. The third-order valence-electron chi connectivity index (χ3n) is 9.91. The molecule has 4 saturated carbocycles. The van der Waals surface area contributed by atoms with Crippen LogP contribution in [0.1, 0.15) is 98.3 Å². The van der Waals surface area contributed by atoms with E-state index in [4.69, 9.17) is 4.74 Å². The second-order valence-corrected chi connectivity index (χ2v) is 12.3. The summed E-state index contributed by atoms with van der Waals surface area (Å²) in [5.74, 6) is 3.14. The van der Waals surface area contributed by atoms with Gasteiger partial charge in [0.25, 0.3) is 0 Å². The molecule has 7 atom stereocenters. The van der Waals surface area contributed by atoms with Crippen molar-refractivity contribution in [3.8, 4) is 0 Å². The van der Waals surface area contributed by atoms with E-state index < -0.39 is 5.60 Å². The first kappa shape index (κ1) is 22.6. The molecule has 1 N–H and O–H groups in total. The van der Waals surface area contributed by atoms with Crippen LogP contribution in [-0.2, 0) is 4.74 Å². The summed E-state index contributed by atoms with van der Waals surface area (Å²) in [6.07, 6.45) is 16.7. The summed E-state index contributed by atoms with van der Waals surface area (Å²) in [4.78, 5) is 0. The van der Waals surface area contributed by atoms with Crippen LogP contribution in [0.25, 0.3) is 0 Å². The highest BCUT2D eigenvalue weighted by Crippen LogP contribution is 2.69. The van der Waals surface area contributed by atoms with E-state index >= 15 is 0 Å². The second-order valence-electron chi connectivity index (χ2n) is 12.3. The molecule has 0 saturated heterocycles. The van der Waals surface area contributed by atoms with Gasteiger partial charge in [0.15, 0.2) is 0 Å². The minimum atomic E-state index is -0.526. The lowest BCUT2D eigenvalue weighted by atomic mass is 9.60. The Bertz CT molecular complexity index is 685. The normalized spacial score (nSPS) is 41.6. The van der Waals surface area contributed by atoms with Crippen molar-refractivity contribution in [1.82, 2.24) is 0 Å². The van der Waals surface area contributed by atoms with E-state index in [-0.39, 0.29) is 11.5 Å². The molecule has 0 heterocycles. The van der Waals surface area contributed by atoms with Gasteiger partial charge in [-0.3, -0.25) is 0 Å². The Hall–Kier alpha value is -0.600. The van der Waals surface area contributed by atoms with E-state index in [1.807, 2.05) is 21.0 Å². The molecule has 4 fully saturated rings. The average Bonchev–Trinajstić information content (AvgIpc) is 3.16. The van der Waals surface area contributed by atoms with Crippen molar-refractivity contribution in [2.75, 3.05) is 7.11 Å². The molecule has 170 valence electrons. The van der Waals surface area contributed by atoms with Crippen LogP contribution < -0.4 is 0 Å². The monoisotopic (exact) mass is 414 g/mol. The number of allylic oxidation sites excluding steroid dienone is 1. The van der Waals surface area contributed by atoms with Crippen molar-refractivity contribution in [2.24, 2.45) is 34.5 Å². The molecule has 0 aromatic carbocycles. The molecule has 1 unspecified atom stereocenters. The van der Waals surface area contributed by atoms with Crippen LogP contribution >= 0.6 is 0 Å². The van der Waals surface area contributed by atoms with Gasteiger partial charge in [-0.2, -0.15) is 0 Å². The van der Waals surface area contributed by atoms with Gasteiger partial charge in [-0.1, -0.05) is 50.5 Å². The number of ether oxygens (including phenoxy) is 1. The van der Waals surface area contributed by atoms with Crippen LogP contribution in [0.2, 0.25) is 0 Å². The highest BCUT2D eigenvalue weighted by molar-refractivity contribution is 5.35. The maximum absolute atomic E-state index is 10.1. The molecule has 2 heteroatoms. The first-order valence-electron chi connectivity index (χ1n) is 12.8. The number of methoxy groups -OCH3 is 1. The Kier molecular flexibility index (Phi) is 6.08. The summed E-state index contributed by atoms with van der Waals surface area (Å²) in [5, 5.41) is 10.1. The Morgan fingerprint density at radius 1 is 1.27 bits per heavy atom. The van der Waals surface area contributed by atoms with Crippen molar-refractivity contribution < 1.29 is 9.84 Å². The summed E-state index contributed by atoms with van der Waals surface area (Å²) in [6, 6.07) is 0. The fraction of sp³-hybridized carbons (Fsp3) is 0.857. The predicted octanol–water partition coefficient (Wildman–Crippen LogP) is 7.08. The third kappa shape index (κ3) is 3.85. The zero-order chi connectivity index (χ0) is 21.7. The van der Waals surface area contributed by atoms with E-state index in [1.54, 1.807) is 5.57 Å². The minimum absolute atomic E-state index is 0.248. The van der Waals surface area contributed by atoms with Crippen molar-refractivity contribution in [1.29, 1.82) is 0 Å². The van der Waals surface area contributed by atoms with Crippen LogP contribution in [0.5, 0.6) is 0 Å². The summed E-state index contributed by atoms with van der Waals surface area (Å²) in [6.45, 7) is 13.4. The molecule has 30 heavy (non-hydrogen) atoms. The van der Waals surface area contributed by atoms with Gasteiger partial charge < -0.3 is 9.84 Å². The highest BCUT2D eigenvalue weighted by Gasteiger charge is 2.63. The van der Waals surface area contributed by atoms with Gasteiger partial charge in [-0.25, -0.2) is 0 Å². The molecule has 0 spiro atoms. The van der Waals surface area contributed by atoms with Gasteiger partial charge in [-0.15, -0.1) is 0 Å². The Labute approximate surface area is 185 Å². The van der Waals surface area contributed by atoms with Gasteiger partial charge in [0.2, 0.25) is 0 Å². The first-order valence-corrected chi connectivity index (χ1v) is 12.8. The van der Waals surface area contributed by atoms with Crippen LogP contribution in [-0.4, -0.2) is 23.9 Å². The number of hydrogen-bond donors (Lipinski definition) is 1. The maximum atomic E-state index is 10.1. The topological polar surface area (TPSA) is 29.5 Å². The Morgan fingerprint density at radius 2 is 2.03 bits per heavy atom. The molecule has 4 rings (SSSR count). The summed E-state index contributed by atoms with van der Waals surface area (Å²) in [7, 11) is 1.92. The standard InChI is InChI=1S/C28H46O2/c1-19(9-7-15-26(3,4)29)23-13-14-24-21(10-8-16-27(23,24)5)17-25(30-6)28-18-22(28)12-11-20(28)2/h17,19,22-25,29H,2,7-16,18H2,1,3-6H3/b21-17+/t19-,22-,23+,24-,25?,27+,28-/m0/s1. The molecule has 2 nitrogen and oxygen atoms in total. The van der Waals surface area contributed by atoms with E-state index in [2.05, 4.69) is 26.5 Å². The first-order chi connectivity index (χ1) is 14.1. The fourth-order valence-electron chi connectivity index (χ4n) is 8.17. The van der Waals surface area contributed by atoms with Gasteiger partial charge >= 0.3 is 0 Å². The Balaban J connectivity index is 1.47. The summed E-state index contributed by atoms with van der Waals surface area (Å²) >= 11 is 0. The van der Waals surface area contributed by atoms with Crippen molar-refractivity contribution in [3.63, 3.8) is 0 Å². The lowest BCUT2D eigenvalue weighted by molar-refractivity contribution is 0.0588. The molecule has 0 bridgehead atoms. The molecule has 0 radical (unpaired) electrons. The average molecular weight is 415 g/mol. The third-order valence-corrected chi connectivity index (χ3v) is 9.91. The zero-order valence-corrected chi connectivity index (χ0v) is 20.3. The lowest BCUT2D eigenvalue weighted by Crippen LogP contribution is -2.37. The highest BCUT2D eigenvalue weighted by atomic mass is 16.5. The lowest BCUT2D eigenvalue weighted by Gasteiger charge is -2.45. The van der Waals surface area contributed by atoms with Crippen molar-refractivity contribution >= 4 is 0 Å². The van der Waals surface area contributed by atoms with E-state index in [1.165, 1.54) is 63.4 Å². The van der Waals surface area contributed by atoms with E-state index in [9.17, 15) is 5.11 Å². The van der Waals surface area contributed by atoms with Crippen LogP contribution in [0.4, 0.5) is 0 Å². The van der Waals surface area contributed by atoms with Crippen LogP contribution in [0, 0.1) is 34.5 Å². The van der Waals surface area contributed by atoms with Crippen molar-refractivity contribution in [2.45, 2.75) is 110 Å². The number of rotatable bonds is 8. The predicted molar refractivity (Wildman–Crippen MR) is 125 cm³/mol. The van der Waals surface area contributed by atoms with Crippen molar-refractivity contribution in [3.05, 3.63) is 23.8 Å². The quantitative estimate of drug-likeness (QED) is 0.430. The molecule has 0 aromatic rings. The van der Waals surface area contributed by atoms with Gasteiger partial charge in [0.1, 0.15) is 0 Å². The number of hydrogen-bond acceptors (Lipinski definition) is 2. The SMILES string of the molecule is C=C1CC[C@H]2C[C@]12C(/C=C1\CCC[C@]2(C)[C@@H]([C@@H](C)CCCC(C)(C)O)CC[C@@H]12)OC. The van der Waals surface area contributed by atoms with Crippen LogP contribution in [0.3, 0.4) is 0 Å². The Morgan fingerprint density at radius 3 is 2.63 bits per heavy atom. The smallest absolute Gasteiger partial charge is 0.0850 e. The number of aliphatic hydroxyl groups is 1. The zero-order valence-electron chi connectivity index (χ0n) is 20.3. The number of fused-ring (bicyclic) bond motifs is 2. The van der Waals surface area contributed by atoms with Crippen LogP contribution in [0.15, 0.2) is 23.8 Å². The molecule has 0 aliphatic heterocycles. The van der Waals surface area contributed by atoms with E-state index in [0.29, 0.717) is 5.41 Å². The minimum Gasteiger partial charge on any atom is -0.390 e. The molecule has 4 aliphatic rings. The fourth-order valence-corrected chi connectivity index (χ4v) is 8.17. The molecule has 0 aromatic heterocycles. The van der Waals surface area contributed by atoms with Gasteiger partial charge in [0.05, 0.1) is 11.7 Å². The van der Waals surface area contributed by atoms with Gasteiger partial charge in [-0.05, 0) is 101 Å².